The van der Waals surface area contributed by atoms with Crippen molar-refractivity contribution in [3.8, 4) is 0 Å². The van der Waals surface area contributed by atoms with Gasteiger partial charge in [0.1, 0.15) is 12.4 Å². The van der Waals surface area contributed by atoms with Crippen LogP contribution in [-0.2, 0) is 9.53 Å². The highest BCUT2D eigenvalue weighted by Crippen LogP contribution is 2.21. The largest absolute Gasteiger partial charge is 0.379 e. The number of hydrogen-bond acceptors (Lipinski definition) is 7. The van der Waals surface area contributed by atoms with Gasteiger partial charge in [-0.3, -0.25) is 24.4 Å². The summed E-state index contributed by atoms with van der Waals surface area (Å²) in [5.41, 5.74) is 1.02. The third-order valence-electron chi connectivity index (χ3n) is 7.30. The predicted octanol–water partition coefficient (Wildman–Crippen LogP) is -0.00460. The molecule has 1 aromatic rings. The number of carbonyl (C=O) groups is 2. The molecule has 11 heteroatoms. The number of benzene rings is 1. The number of anilines is 1. The summed E-state index contributed by atoms with van der Waals surface area (Å²) in [6, 6.07) is 5.69. The number of carbonyl (C=O) groups excluding carboxylic acids is 2. The van der Waals surface area contributed by atoms with Gasteiger partial charge in [0.15, 0.2) is 0 Å². The molecule has 1 aromatic carbocycles. The maximum absolute atomic E-state index is 13.3. The van der Waals surface area contributed by atoms with Gasteiger partial charge in [-0.1, -0.05) is 0 Å². The van der Waals surface area contributed by atoms with E-state index >= 15 is 0 Å². The van der Waals surface area contributed by atoms with Gasteiger partial charge in [-0.2, -0.15) is 0 Å². The molecule has 4 heterocycles. The number of nitrogens with zero attached hydrogens (tertiary/aromatic N) is 7. The average Bonchev–Trinajstić information content (AvgIpc) is 3.24. The van der Waals surface area contributed by atoms with E-state index in [4.69, 9.17) is 9.73 Å². The summed E-state index contributed by atoms with van der Waals surface area (Å²) in [7, 11) is 3.21. The Kier molecular flexibility index (Phi) is 6.81. The van der Waals surface area contributed by atoms with Crippen molar-refractivity contribution in [3.05, 3.63) is 30.1 Å². The van der Waals surface area contributed by atoms with Crippen molar-refractivity contribution in [2.75, 3.05) is 91.1 Å². The minimum atomic E-state index is -0.570. The number of ether oxygens (including phenoxy) is 1. The molecule has 1 atom stereocenters. The molecule has 1 unspecified atom stereocenters. The van der Waals surface area contributed by atoms with Crippen molar-refractivity contribution in [1.82, 2.24) is 19.6 Å². The van der Waals surface area contributed by atoms with Crippen molar-refractivity contribution in [2.24, 2.45) is 4.99 Å². The Morgan fingerprint density at radius 1 is 0.971 bits per heavy atom. The molecule has 0 aromatic heterocycles. The highest BCUT2D eigenvalue weighted by atomic mass is 19.1. The highest BCUT2D eigenvalue weighted by Gasteiger charge is 2.53. The minimum absolute atomic E-state index is 0.230. The van der Waals surface area contributed by atoms with E-state index in [1.807, 2.05) is 12.1 Å². The Bertz CT molecular complexity index is 1030. The predicted molar refractivity (Wildman–Crippen MR) is 130 cm³/mol. The van der Waals surface area contributed by atoms with Crippen molar-refractivity contribution < 1.29 is 23.3 Å². The van der Waals surface area contributed by atoms with Crippen molar-refractivity contribution >= 4 is 29.3 Å². The Morgan fingerprint density at radius 3 is 2.34 bits per heavy atom. The van der Waals surface area contributed by atoms with Crippen LogP contribution < -0.4 is 4.90 Å². The van der Waals surface area contributed by atoms with Crippen LogP contribution >= 0.6 is 0 Å². The Morgan fingerprint density at radius 2 is 1.66 bits per heavy atom. The zero-order valence-corrected chi connectivity index (χ0v) is 20.4. The van der Waals surface area contributed by atoms with Crippen molar-refractivity contribution in [2.45, 2.75) is 6.04 Å². The van der Waals surface area contributed by atoms with E-state index in [-0.39, 0.29) is 17.8 Å². The second-order valence-electron chi connectivity index (χ2n) is 9.41. The summed E-state index contributed by atoms with van der Waals surface area (Å²) in [6.07, 6.45) is 0. The molecule has 3 saturated heterocycles. The van der Waals surface area contributed by atoms with E-state index in [9.17, 15) is 14.0 Å². The lowest BCUT2D eigenvalue weighted by Crippen LogP contribution is -2.62. The number of morpholine rings is 1. The van der Waals surface area contributed by atoms with Gasteiger partial charge in [0.25, 0.3) is 17.8 Å². The summed E-state index contributed by atoms with van der Waals surface area (Å²) in [5, 5.41) is 0. The fourth-order valence-electron chi connectivity index (χ4n) is 5.12. The van der Waals surface area contributed by atoms with E-state index in [2.05, 4.69) is 19.3 Å². The third-order valence-corrected chi connectivity index (χ3v) is 7.30. The molecule has 0 spiro atoms. The van der Waals surface area contributed by atoms with Gasteiger partial charge in [0, 0.05) is 65.6 Å². The van der Waals surface area contributed by atoms with Crippen LogP contribution in [0.5, 0.6) is 0 Å². The number of fused-ring (bicyclic) bond motifs is 1. The molecular formula is C24H33FN7O3+. The molecule has 4 aliphatic heterocycles. The molecular weight excluding hydrogens is 453 g/mol. The van der Waals surface area contributed by atoms with Gasteiger partial charge in [0.2, 0.25) is 0 Å². The molecule has 4 aliphatic rings. The monoisotopic (exact) mass is 486 g/mol. The molecule has 188 valence electrons. The van der Waals surface area contributed by atoms with Crippen molar-refractivity contribution in [1.29, 1.82) is 0 Å². The van der Waals surface area contributed by atoms with Gasteiger partial charge in [-0.05, 0) is 29.3 Å². The number of urea groups is 1. The molecule has 0 N–H and O–H groups in total. The van der Waals surface area contributed by atoms with E-state index in [1.54, 1.807) is 7.05 Å². The lowest BCUT2D eigenvalue weighted by Gasteiger charge is -2.35. The first-order valence-corrected chi connectivity index (χ1v) is 12.2. The summed E-state index contributed by atoms with van der Waals surface area (Å²) in [5.74, 6) is 0.883. The number of piperazine rings is 1. The third kappa shape index (κ3) is 4.80. The fraction of sp³-hybridized carbons (Fsp3) is 0.583. The Balaban J connectivity index is 1.31. The number of rotatable bonds is 6. The first-order chi connectivity index (χ1) is 16.9. The van der Waals surface area contributed by atoms with Crippen molar-refractivity contribution in [3.63, 3.8) is 0 Å². The maximum atomic E-state index is 13.3. The van der Waals surface area contributed by atoms with Crippen LogP contribution in [0.25, 0.3) is 0 Å². The number of aliphatic imine (C=N–C) groups is 1. The molecule has 10 nitrogen and oxygen atoms in total. The zero-order chi connectivity index (χ0) is 24.5. The second-order valence-corrected chi connectivity index (χ2v) is 9.41. The normalized spacial score (nSPS) is 24.4. The van der Waals surface area contributed by atoms with Gasteiger partial charge in [-0.25, -0.2) is 13.8 Å². The molecule has 0 aliphatic carbocycles. The Labute approximate surface area is 204 Å². The number of amides is 3. The van der Waals surface area contributed by atoms with E-state index in [0.717, 1.165) is 70.6 Å². The smallest absolute Gasteiger partial charge is 0.333 e. The van der Waals surface area contributed by atoms with Gasteiger partial charge >= 0.3 is 11.9 Å². The van der Waals surface area contributed by atoms with Gasteiger partial charge < -0.3 is 9.64 Å². The minimum Gasteiger partial charge on any atom is -0.379 e. The Hall–Kier alpha value is -2.89. The molecule has 35 heavy (non-hydrogen) atoms. The van der Waals surface area contributed by atoms with Crippen LogP contribution in [0, 0.1) is 5.82 Å². The number of likely N-dealkylation sites (N-methyl/N-ethyl adjacent to an activating group) is 2. The quantitative estimate of drug-likeness (QED) is 0.527. The number of amidine groups is 2. The van der Waals surface area contributed by atoms with Crippen LogP contribution in [0.1, 0.15) is 0 Å². The van der Waals surface area contributed by atoms with Crippen LogP contribution in [0.3, 0.4) is 0 Å². The first kappa shape index (κ1) is 23.8. The maximum Gasteiger partial charge on any atom is 0.333 e. The second kappa shape index (κ2) is 10.00. The number of imide groups is 1. The van der Waals surface area contributed by atoms with Gasteiger partial charge in [-0.15, -0.1) is 0 Å². The lowest BCUT2D eigenvalue weighted by molar-refractivity contribution is -0.536. The fourth-order valence-corrected chi connectivity index (χ4v) is 5.12. The van der Waals surface area contributed by atoms with E-state index in [0.29, 0.717) is 18.9 Å². The van der Waals surface area contributed by atoms with Crippen LogP contribution in [0.4, 0.5) is 14.9 Å². The molecule has 5 rings (SSSR count). The summed E-state index contributed by atoms with van der Waals surface area (Å²) < 4.78 is 20.8. The van der Waals surface area contributed by atoms with Crippen LogP contribution in [0.15, 0.2) is 29.3 Å². The highest BCUT2D eigenvalue weighted by molar-refractivity contribution is 6.23. The SMILES string of the molecule is CN1C(=O)C2C(=NC(CN3CCN(c4ccc(F)cc4)CC3)=[N+]2CCN2CCOCC2)N(C)C1=O. The van der Waals surface area contributed by atoms with Crippen LogP contribution in [-0.4, -0.2) is 140 Å². The van der Waals surface area contributed by atoms with Gasteiger partial charge in [0.05, 0.1) is 19.8 Å². The zero-order valence-electron chi connectivity index (χ0n) is 20.4. The number of hydrogen-bond donors (Lipinski definition) is 0. The number of halogens is 1. The standard InChI is InChI=1S/C24H33FN7O3/c1-27-22-21(23(33)28(2)24(27)34)32(12-9-29-13-15-35-16-14-29)20(26-22)17-30-7-10-31(11-8-30)19-5-3-18(25)4-6-19/h3-6,21H,7-17H2,1-2H3/q+1. The lowest BCUT2D eigenvalue weighted by atomic mass is 10.1. The molecule has 3 amide bonds. The summed E-state index contributed by atoms with van der Waals surface area (Å²) in [4.78, 5) is 40.1. The van der Waals surface area contributed by atoms with E-state index in [1.165, 1.54) is 29.0 Å². The molecule has 0 radical (unpaired) electrons. The van der Waals surface area contributed by atoms with E-state index < -0.39 is 6.04 Å². The summed E-state index contributed by atoms with van der Waals surface area (Å²) >= 11 is 0. The molecule has 0 saturated carbocycles. The van der Waals surface area contributed by atoms with Crippen LogP contribution in [0.2, 0.25) is 0 Å². The first-order valence-electron chi connectivity index (χ1n) is 12.2. The summed E-state index contributed by atoms with van der Waals surface area (Å²) in [6.45, 7) is 8.57. The molecule has 3 fully saturated rings. The average molecular weight is 487 g/mol. The molecule has 0 bridgehead atoms. The topological polar surface area (TPSA) is 74.9 Å².